The largest absolute Gasteiger partial charge is 0.481 e. The summed E-state index contributed by atoms with van der Waals surface area (Å²) in [5.74, 6) is -0.806. The van der Waals surface area contributed by atoms with Crippen LogP contribution in [-0.2, 0) is 4.79 Å². The smallest absolute Gasteiger partial charge is 0.304 e. The van der Waals surface area contributed by atoms with Gasteiger partial charge in [-0.15, -0.1) is 0 Å². The van der Waals surface area contributed by atoms with Crippen LogP contribution in [-0.4, -0.2) is 41.8 Å². The SMILES string of the molecule is O=C(O)CCN1CCCCC(F)C1. The summed E-state index contributed by atoms with van der Waals surface area (Å²) in [5, 5.41) is 8.46. The maximum atomic E-state index is 13.0. The molecule has 1 rings (SSSR count). The number of halogens is 1. The van der Waals surface area contributed by atoms with E-state index in [-0.39, 0.29) is 6.42 Å². The van der Waals surface area contributed by atoms with Gasteiger partial charge in [0.2, 0.25) is 0 Å². The molecule has 1 N–H and O–H groups in total. The lowest BCUT2D eigenvalue weighted by Gasteiger charge is -2.19. The van der Waals surface area contributed by atoms with E-state index >= 15 is 0 Å². The van der Waals surface area contributed by atoms with Crippen LogP contribution in [0.2, 0.25) is 0 Å². The van der Waals surface area contributed by atoms with Crippen molar-refractivity contribution in [1.82, 2.24) is 4.90 Å². The highest BCUT2D eigenvalue weighted by Gasteiger charge is 2.17. The van der Waals surface area contributed by atoms with Gasteiger partial charge < -0.3 is 5.11 Å². The molecular formula is C9H16FNO2. The molecule has 0 aromatic carbocycles. The van der Waals surface area contributed by atoms with Crippen LogP contribution in [0.25, 0.3) is 0 Å². The Kier molecular flexibility index (Phi) is 4.15. The van der Waals surface area contributed by atoms with E-state index in [0.29, 0.717) is 19.5 Å². The number of rotatable bonds is 3. The second-order valence-electron chi connectivity index (χ2n) is 3.54. The van der Waals surface area contributed by atoms with Crippen molar-refractivity contribution in [3.63, 3.8) is 0 Å². The van der Waals surface area contributed by atoms with Crippen molar-refractivity contribution in [2.75, 3.05) is 19.6 Å². The third-order valence-electron chi connectivity index (χ3n) is 2.34. The first-order valence-corrected chi connectivity index (χ1v) is 4.76. The van der Waals surface area contributed by atoms with Crippen LogP contribution in [0, 0.1) is 0 Å². The predicted octanol–water partition coefficient (Wildman–Crippen LogP) is 1.29. The molecular weight excluding hydrogens is 173 g/mol. The Balaban J connectivity index is 2.26. The van der Waals surface area contributed by atoms with Gasteiger partial charge in [-0.1, -0.05) is 0 Å². The minimum atomic E-state index is -0.806. The number of hydrogen-bond acceptors (Lipinski definition) is 2. The fourth-order valence-corrected chi connectivity index (χ4v) is 1.62. The van der Waals surface area contributed by atoms with E-state index in [1.165, 1.54) is 0 Å². The summed E-state index contributed by atoms with van der Waals surface area (Å²) in [5.41, 5.74) is 0. The van der Waals surface area contributed by atoms with Gasteiger partial charge in [0, 0.05) is 13.1 Å². The Labute approximate surface area is 77.5 Å². The van der Waals surface area contributed by atoms with Gasteiger partial charge in [-0.3, -0.25) is 9.69 Å². The normalized spacial score (nSPS) is 25.5. The molecule has 3 nitrogen and oxygen atoms in total. The fraction of sp³-hybridized carbons (Fsp3) is 0.889. The second kappa shape index (κ2) is 5.17. The predicted molar refractivity (Wildman–Crippen MR) is 47.4 cm³/mol. The summed E-state index contributed by atoms with van der Waals surface area (Å²) >= 11 is 0. The highest BCUT2D eigenvalue weighted by atomic mass is 19.1. The number of carboxylic acids is 1. The Bertz CT molecular complexity index is 175. The quantitative estimate of drug-likeness (QED) is 0.727. The molecule has 13 heavy (non-hydrogen) atoms. The lowest BCUT2D eigenvalue weighted by Crippen LogP contribution is -2.31. The molecule has 0 spiro atoms. The molecule has 1 saturated heterocycles. The Morgan fingerprint density at radius 2 is 2.31 bits per heavy atom. The third kappa shape index (κ3) is 4.22. The molecule has 0 aliphatic carbocycles. The molecule has 1 heterocycles. The van der Waals surface area contributed by atoms with Crippen LogP contribution in [0.4, 0.5) is 4.39 Å². The molecule has 1 unspecified atom stereocenters. The topological polar surface area (TPSA) is 40.5 Å². The van der Waals surface area contributed by atoms with E-state index in [9.17, 15) is 9.18 Å². The number of alkyl halides is 1. The lowest BCUT2D eigenvalue weighted by molar-refractivity contribution is -0.137. The number of aliphatic carboxylic acids is 1. The van der Waals surface area contributed by atoms with Crippen LogP contribution >= 0.6 is 0 Å². The molecule has 0 amide bonds. The van der Waals surface area contributed by atoms with E-state index in [4.69, 9.17) is 5.11 Å². The molecule has 1 aliphatic rings. The number of nitrogens with zero attached hydrogens (tertiary/aromatic N) is 1. The van der Waals surface area contributed by atoms with Crippen LogP contribution in [0.15, 0.2) is 0 Å². The van der Waals surface area contributed by atoms with E-state index in [2.05, 4.69) is 0 Å². The first-order chi connectivity index (χ1) is 6.18. The summed E-state index contributed by atoms with van der Waals surface area (Å²) < 4.78 is 13.0. The highest BCUT2D eigenvalue weighted by Crippen LogP contribution is 2.13. The van der Waals surface area contributed by atoms with Crippen LogP contribution in [0.5, 0.6) is 0 Å². The van der Waals surface area contributed by atoms with Gasteiger partial charge in [0.15, 0.2) is 0 Å². The molecule has 0 aromatic heterocycles. The van der Waals surface area contributed by atoms with E-state index in [1.807, 2.05) is 4.90 Å². The van der Waals surface area contributed by atoms with Crippen molar-refractivity contribution >= 4 is 5.97 Å². The zero-order valence-electron chi connectivity index (χ0n) is 7.71. The van der Waals surface area contributed by atoms with Crippen LogP contribution in [0.3, 0.4) is 0 Å². The molecule has 0 bridgehead atoms. The molecule has 0 radical (unpaired) electrons. The van der Waals surface area contributed by atoms with Gasteiger partial charge in [0.05, 0.1) is 6.42 Å². The van der Waals surface area contributed by atoms with Gasteiger partial charge in [-0.25, -0.2) is 4.39 Å². The van der Waals surface area contributed by atoms with Crippen molar-refractivity contribution in [3.8, 4) is 0 Å². The lowest BCUT2D eigenvalue weighted by atomic mass is 10.2. The average Bonchev–Trinajstić information content (AvgIpc) is 2.26. The summed E-state index contributed by atoms with van der Waals surface area (Å²) in [6.45, 7) is 1.73. The highest BCUT2D eigenvalue weighted by molar-refractivity contribution is 5.66. The standard InChI is InChI=1S/C9H16FNO2/c10-8-3-1-2-5-11(7-8)6-4-9(12)13/h8H,1-7H2,(H,12,13). The van der Waals surface area contributed by atoms with E-state index in [0.717, 1.165) is 19.4 Å². The molecule has 0 aromatic rings. The molecule has 1 aliphatic heterocycles. The fourth-order valence-electron chi connectivity index (χ4n) is 1.62. The third-order valence-corrected chi connectivity index (χ3v) is 2.34. The molecule has 4 heteroatoms. The first-order valence-electron chi connectivity index (χ1n) is 4.76. The zero-order chi connectivity index (χ0) is 9.68. The molecule has 1 atom stereocenters. The first kappa shape index (κ1) is 10.4. The van der Waals surface area contributed by atoms with Crippen molar-refractivity contribution < 1.29 is 14.3 Å². The van der Waals surface area contributed by atoms with E-state index in [1.54, 1.807) is 0 Å². The average molecular weight is 189 g/mol. The van der Waals surface area contributed by atoms with Crippen molar-refractivity contribution in [2.24, 2.45) is 0 Å². The molecule has 1 fully saturated rings. The van der Waals surface area contributed by atoms with Crippen molar-refractivity contribution in [2.45, 2.75) is 31.9 Å². The van der Waals surface area contributed by atoms with Crippen molar-refractivity contribution in [1.29, 1.82) is 0 Å². The summed E-state index contributed by atoms with van der Waals surface area (Å²) in [7, 11) is 0. The minimum absolute atomic E-state index is 0.118. The van der Waals surface area contributed by atoms with Gasteiger partial charge in [-0.05, 0) is 25.8 Å². The van der Waals surface area contributed by atoms with E-state index < -0.39 is 12.1 Å². The number of carboxylic acid groups (broad SMARTS) is 1. The summed E-state index contributed by atoms with van der Waals surface area (Å²) in [6, 6.07) is 0. The minimum Gasteiger partial charge on any atom is -0.481 e. The Morgan fingerprint density at radius 1 is 1.54 bits per heavy atom. The zero-order valence-corrected chi connectivity index (χ0v) is 7.71. The number of hydrogen-bond donors (Lipinski definition) is 1. The van der Waals surface area contributed by atoms with Gasteiger partial charge in [-0.2, -0.15) is 0 Å². The summed E-state index contributed by atoms with van der Waals surface area (Å²) in [4.78, 5) is 12.2. The number of likely N-dealkylation sites (tertiary alicyclic amines) is 1. The molecule has 0 saturated carbocycles. The number of carbonyl (C=O) groups is 1. The monoisotopic (exact) mass is 189 g/mol. The van der Waals surface area contributed by atoms with Crippen LogP contribution in [0.1, 0.15) is 25.7 Å². The van der Waals surface area contributed by atoms with Crippen LogP contribution < -0.4 is 0 Å². The maximum absolute atomic E-state index is 13.0. The molecule has 76 valence electrons. The Morgan fingerprint density at radius 3 is 3.00 bits per heavy atom. The van der Waals surface area contributed by atoms with Crippen molar-refractivity contribution in [3.05, 3.63) is 0 Å². The maximum Gasteiger partial charge on any atom is 0.304 e. The second-order valence-corrected chi connectivity index (χ2v) is 3.54. The van der Waals surface area contributed by atoms with Gasteiger partial charge in [0.1, 0.15) is 6.17 Å². The Hall–Kier alpha value is -0.640. The van der Waals surface area contributed by atoms with Gasteiger partial charge in [0.25, 0.3) is 0 Å². The summed E-state index contributed by atoms with van der Waals surface area (Å²) in [6.07, 6.45) is 1.89. The van der Waals surface area contributed by atoms with Gasteiger partial charge >= 0.3 is 5.97 Å².